The van der Waals surface area contributed by atoms with Crippen LogP contribution in [-0.2, 0) is 4.74 Å². The Bertz CT molecular complexity index is 880. The van der Waals surface area contributed by atoms with Gasteiger partial charge in [-0.05, 0) is 11.5 Å². The second-order valence-electron chi connectivity index (χ2n) is 6.58. The number of aromatic nitrogens is 4. The van der Waals surface area contributed by atoms with Crippen LogP contribution in [0.1, 0.15) is 25.3 Å². The molecule has 0 aliphatic carbocycles. The lowest BCUT2D eigenvalue weighted by Gasteiger charge is -2.27. The number of ether oxygens (including phenoxy) is 1. The van der Waals surface area contributed by atoms with Crippen LogP contribution in [-0.4, -0.2) is 46.5 Å². The molecule has 0 amide bonds. The third-order valence-corrected chi connectivity index (χ3v) is 4.57. The summed E-state index contributed by atoms with van der Waals surface area (Å²) in [4.78, 5) is 11.5. The molecule has 1 aromatic carbocycles. The van der Waals surface area contributed by atoms with Gasteiger partial charge in [0.05, 0.1) is 24.3 Å². The summed E-state index contributed by atoms with van der Waals surface area (Å²) in [7, 11) is 0. The number of hydrogen-bond donors (Lipinski definition) is 2. The predicted molar refractivity (Wildman–Crippen MR) is 98.7 cm³/mol. The first-order valence-electron chi connectivity index (χ1n) is 8.58. The molecule has 0 atom stereocenters. The average molecular weight is 338 g/mol. The van der Waals surface area contributed by atoms with Crippen molar-refractivity contribution >= 4 is 22.8 Å². The lowest BCUT2D eigenvalue weighted by Crippen LogP contribution is -2.37. The van der Waals surface area contributed by atoms with E-state index < -0.39 is 0 Å². The second kappa shape index (κ2) is 6.33. The molecule has 0 unspecified atom stereocenters. The molecule has 25 heavy (non-hydrogen) atoms. The minimum absolute atomic E-state index is 0.488. The fraction of sp³-hybridized carbons (Fsp3) is 0.389. The molecule has 7 nitrogen and oxygen atoms in total. The summed E-state index contributed by atoms with van der Waals surface area (Å²) in [6, 6.07) is 8.45. The molecule has 1 aliphatic heterocycles. The van der Waals surface area contributed by atoms with Gasteiger partial charge in [-0.1, -0.05) is 38.1 Å². The number of nitrogens with two attached hydrogens (primary N) is 1. The zero-order valence-electron chi connectivity index (χ0n) is 14.5. The van der Waals surface area contributed by atoms with Crippen molar-refractivity contribution < 1.29 is 4.74 Å². The van der Waals surface area contributed by atoms with E-state index in [1.165, 1.54) is 5.56 Å². The summed E-state index contributed by atoms with van der Waals surface area (Å²) in [6.45, 7) is 7.28. The highest BCUT2D eigenvalue weighted by Gasteiger charge is 2.20. The Morgan fingerprint density at radius 1 is 1.12 bits per heavy atom. The van der Waals surface area contributed by atoms with Crippen molar-refractivity contribution in [1.29, 1.82) is 0 Å². The third kappa shape index (κ3) is 2.91. The van der Waals surface area contributed by atoms with E-state index >= 15 is 0 Å². The van der Waals surface area contributed by atoms with Crippen molar-refractivity contribution in [2.24, 2.45) is 0 Å². The van der Waals surface area contributed by atoms with Crippen molar-refractivity contribution in [2.45, 2.75) is 19.8 Å². The number of rotatable bonds is 3. The van der Waals surface area contributed by atoms with Gasteiger partial charge in [0.2, 0.25) is 5.95 Å². The molecule has 130 valence electrons. The molecule has 4 rings (SSSR count). The van der Waals surface area contributed by atoms with Gasteiger partial charge in [0.25, 0.3) is 0 Å². The number of morpholine rings is 1. The van der Waals surface area contributed by atoms with Gasteiger partial charge in [-0.15, -0.1) is 0 Å². The first-order valence-corrected chi connectivity index (χ1v) is 8.58. The number of nitrogen functional groups attached to an aromatic ring is 1. The van der Waals surface area contributed by atoms with Crippen molar-refractivity contribution in [3.63, 3.8) is 0 Å². The number of anilines is 2. The Balaban J connectivity index is 1.84. The molecule has 1 aliphatic rings. The van der Waals surface area contributed by atoms with Crippen LogP contribution in [0.4, 0.5) is 11.8 Å². The van der Waals surface area contributed by atoms with Crippen LogP contribution in [0.3, 0.4) is 0 Å². The van der Waals surface area contributed by atoms with Gasteiger partial charge in [-0.3, -0.25) is 5.10 Å². The predicted octanol–water partition coefficient (Wildman–Crippen LogP) is 2.56. The minimum atomic E-state index is 0.488. The van der Waals surface area contributed by atoms with E-state index in [9.17, 15) is 0 Å². The van der Waals surface area contributed by atoms with Crippen molar-refractivity contribution in [3.8, 4) is 11.3 Å². The van der Waals surface area contributed by atoms with Crippen molar-refractivity contribution in [3.05, 3.63) is 29.8 Å². The monoisotopic (exact) mass is 338 g/mol. The Morgan fingerprint density at radius 3 is 2.52 bits per heavy atom. The van der Waals surface area contributed by atoms with Crippen LogP contribution >= 0.6 is 0 Å². The fourth-order valence-electron chi connectivity index (χ4n) is 3.07. The maximum atomic E-state index is 6.09. The fourth-order valence-corrected chi connectivity index (χ4v) is 3.07. The van der Waals surface area contributed by atoms with Crippen molar-refractivity contribution in [1.82, 2.24) is 20.2 Å². The summed E-state index contributed by atoms with van der Waals surface area (Å²) in [5, 5.41) is 7.85. The van der Waals surface area contributed by atoms with Gasteiger partial charge < -0.3 is 15.4 Å². The van der Waals surface area contributed by atoms with Gasteiger partial charge >= 0.3 is 0 Å². The normalized spacial score (nSPS) is 15.2. The van der Waals surface area contributed by atoms with Crippen LogP contribution in [0.5, 0.6) is 0 Å². The van der Waals surface area contributed by atoms with Crippen LogP contribution in [0, 0.1) is 0 Å². The van der Waals surface area contributed by atoms with E-state index in [4.69, 9.17) is 15.5 Å². The Labute approximate surface area is 146 Å². The van der Waals surface area contributed by atoms with Gasteiger partial charge in [0.1, 0.15) is 5.82 Å². The molecule has 0 spiro atoms. The lowest BCUT2D eigenvalue weighted by atomic mass is 10.00. The molecule has 1 fully saturated rings. The highest BCUT2D eigenvalue weighted by atomic mass is 16.5. The maximum Gasteiger partial charge on any atom is 0.228 e. The van der Waals surface area contributed by atoms with E-state index in [1.807, 2.05) is 0 Å². The first-order chi connectivity index (χ1) is 12.1. The van der Waals surface area contributed by atoms with Gasteiger partial charge in [0.15, 0.2) is 5.65 Å². The second-order valence-corrected chi connectivity index (χ2v) is 6.58. The summed E-state index contributed by atoms with van der Waals surface area (Å²) in [5.74, 6) is 1.65. The summed E-state index contributed by atoms with van der Waals surface area (Å²) in [5.41, 5.74) is 9.80. The van der Waals surface area contributed by atoms with E-state index in [-0.39, 0.29) is 0 Å². The molecule has 1 saturated heterocycles. The van der Waals surface area contributed by atoms with E-state index in [0.29, 0.717) is 36.5 Å². The number of benzene rings is 1. The average Bonchev–Trinajstić information content (AvgIpc) is 3.03. The van der Waals surface area contributed by atoms with Crippen LogP contribution in [0.25, 0.3) is 22.3 Å². The largest absolute Gasteiger partial charge is 0.383 e. The quantitative estimate of drug-likeness (QED) is 0.762. The molecule has 3 heterocycles. The number of fused-ring (bicyclic) bond motifs is 1. The molecule has 3 N–H and O–H groups in total. The van der Waals surface area contributed by atoms with Crippen LogP contribution < -0.4 is 10.6 Å². The van der Waals surface area contributed by atoms with E-state index in [0.717, 1.165) is 29.7 Å². The van der Waals surface area contributed by atoms with Gasteiger partial charge in [0, 0.05) is 18.7 Å². The topological polar surface area (TPSA) is 93.0 Å². The number of aromatic amines is 1. The number of hydrogen-bond acceptors (Lipinski definition) is 6. The summed E-state index contributed by atoms with van der Waals surface area (Å²) < 4.78 is 5.42. The Hall–Kier alpha value is -2.67. The number of nitrogens with zero attached hydrogens (tertiary/aromatic N) is 4. The van der Waals surface area contributed by atoms with Crippen LogP contribution in [0.2, 0.25) is 0 Å². The molecule has 0 radical (unpaired) electrons. The maximum absolute atomic E-state index is 6.09. The molecule has 2 aromatic heterocycles. The SMILES string of the molecule is CC(C)c1ccc(-c2nc(N3CCOCC3)nc3n[nH]c(N)c23)cc1. The zero-order valence-corrected chi connectivity index (χ0v) is 14.5. The summed E-state index contributed by atoms with van der Waals surface area (Å²) >= 11 is 0. The number of H-pyrrole nitrogens is 1. The highest BCUT2D eigenvalue weighted by molar-refractivity contribution is 5.98. The Morgan fingerprint density at radius 2 is 1.84 bits per heavy atom. The molecular formula is C18H22N6O. The van der Waals surface area contributed by atoms with Crippen LogP contribution in [0.15, 0.2) is 24.3 Å². The van der Waals surface area contributed by atoms with E-state index in [1.54, 1.807) is 0 Å². The molecule has 0 bridgehead atoms. The molecule has 7 heteroatoms. The molecule has 3 aromatic rings. The van der Waals surface area contributed by atoms with Gasteiger partial charge in [-0.2, -0.15) is 10.1 Å². The molecule has 0 saturated carbocycles. The number of nitrogens with one attached hydrogen (secondary N) is 1. The molecular weight excluding hydrogens is 316 g/mol. The standard InChI is InChI=1S/C18H22N6O/c1-11(2)12-3-5-13(6-4-12)15-14-16(19)22-23-17(14)21-18(20-15)24-7-9-25-10-8-24/h3-6,11H,7-10H2,1-2H3,(H3,19,20,21,22,23). The summed E-state index contributed by atoms with van der Waals surface area (Å²) in [6.07, 6.45) is 0. The zero-order chi connectivity index (χ0) is 17.4. The lowest BCUT2D eigenvalue weighted by molar-refractivity contribution is 0.122. The Kier molecular flexibility index (Phi) is 4.01. The van der Waals surface area contributed by atoms with E-state index in [2.05, 4.69) is 58.2 Å². The first kappa shape index (κ1) is 15.8. The minimum Gasteiger partial charge on any atom is -0.383 e. The smallest absolute Gasteiger partial charge is 0.228 e. The van der Waals surface area contributed by atoms with Crippen molar-refractivity contribution in [2.75, 3.05) is 36.9 Å². The highest BCUT2D eigenvalue weighted by Crippen LogP contribution is 2.31. The van der Waals surface area contributed by atoms with Gasteiger partial charge in [-0.25, -0.2) is 4.98 Å². The third-order valence-electron chi connectivity index (χ3n) is 4.57.